The van der Waals surface area contributed by atoms with E-state index in [1.54, 1.807) is 7.11 Å². The zero-order valence-corrected chi connectivity index (χ0v) is 12.0. The average molecular weight is 271 g/mol. The lowest BCUT2D eigenvalue weighted by atomic mass is 9.96. The first-order valence-corrected chi connectivity index (χ1v) is 7.10. The van der Waals surface area contributed by atoms with Gasteiger partial charge in [0.25, 0.3) is 0 Å². The normalized spacial score (nSPS) is 23.1. The molecule has 2 unspecified atom stereocenters. The van der Waals surface area contributed by atoms with Crippen LogP contribution < -0.4 is 15.4 Å². The second-order valence-electron chi connectivity index (χ2n) is 5.73. The lowest BCUT2D eigenvalue weighted by Gasteiger charge is -2.36. The Morgan fingerprint density at radius 1 is 1.30 bits per heavy atom. The predicted molar refractivity (Wildman–Crippen MR) is 82.3 cm³/mol. The first-order chi connectivity index (χ1) is 9.67. The maximum Gasteiger partial charge on any atom is 0.136 e. The summed E-state index contributed by atoms with van der Waals surface area (Å²) in [6.07, 6.45) is 2.96. The predicted octanol–water partition coefficient (Wildman–Crippen LogP) is 2.42. The molecule has 4 nitrogen and oxygen atoms in total. The van der Waals surface area contributed by atoms with Crippen LogP contribution in [0.2, 0.25) is 0 Å². The van der Waals surface area contributed by atoms with Gasteiger partial charge < -0.3 is 15.4 Å². The SMILES string of the molecule is COc1ccc2c(N3CC(C)CC(N)C3)nccc2c1. The number of aromatic nitrogens is 1. The van der Waals surface area contributed by atoms with Crippen molar-refractivity contribution in [2.24, 2.45) is 11.7 Å². The molecule has 2 aromatic rings. The molecular weight excluding hydrogens is 250 g/mol. The van der Waals surface area contributed by atoms with Crippen LogP contribution in [0, 0.1) is 5.92 Å². The molecule has 1 aliphatic heterocycles. The van der Waals surface area contributed by atoms with Crippen molar-refractivity contribution in [2.45, 2.75) is 19.4 Å². The number of benzene rings is 1. The van der Waals surface area contributed by atoms with Gasteiger partial charge in [0.2, 0.25) is 0 Å². The van der Waals surface area contributed by atoms with E-state index in [9.17, 15) is 0 Å². The van der Waals surface area contributed by atoms with E-state index < -0.39 is 0 Å². The summed E-state index contributed by atoms with van der Waals surface area (Å²) in [7, 11) is 1.69. The Morgan fingerprint density at radius 2 is 2.15 bits per heavy atom. The Kier molecular flexibility index (Phi) is 3.49. The number of pyridine rings is 1. The number of anilines is 1. The number of piperidine rings is 1. The summed E-state index contributed by atoms with van der Waals surface area (Å²) in [4.78, 5) is 6.90. The minimum Gasteiger partial charge on any atom is -0.497 e. The third-order valence-electron chi connectivity index (χ3n) is 3.94. The van der Waals surface area contributed by atoms with Gasteiger partial charge >= 0.3 is 0 Å². The zero-order chi connectivity index (χ0) is 14.1. The Bertz CT molecular complexity index is 604. The molecule has 4 heteroatoms. The van der Waals surface area contributed by atoms with Gasteiger partial charge in [-0.05, 0) is 42.0 Å². The third-order valence-corrected chi connectivity index (χ3v) is 3.94. The molecular formula is C16H21N3O. The van der Waals surface area contributed by atoms with Gasteiger partial charge in [-0.2, -0.15) is 0 Å². The van der Waals surface area contributed by atoms with E-state index in [-0.39, 0.29) is 6.04 Å². The van der Waals surface area contributed by atoms with Crippen molar-refractivity contribution < 1.29 is 4.74 Å². The minimum absolute atomic E-state index is 0.231. The molecule has 2 N–H and O–H groups in total. The fourth-order valence-electron chi connectivity index (χ4n) is 3.09. The van der Waals surface area contributed by atoms with Crippen LogP contribution >= 0.6 is 0 Å². The molecule has 106 valence electrons. The van der Waals surface area contributed by atoms with Crippen molar-refractivity contribution in [2.75, 3.05) is 25.1 Å². The van der Waals surface area contributed by atoms with Crippen LogP contribution in [0.4, 0.5) is 5.82 Å². The average Bonchev–Trinajstić information content (AvgIpc) is 2.45. The maximum atomic E-state index is 6.15. The van der Waals surface area contributed by atoms with Crippen LogP contribution in [0.1, 0.15) is 13.3 Å². The van der Waals surface area contributed by atoms with E-state index in [2.05, 4.69) is 22.9 Å². The van der Waals surface area contributed by atoms with Crippen molar-refractivity contribution in [1.29, 1.82) is 0 Å². The lowest BCUT2D eigenvalue weighted by molar-refractivity contribution is 0.400. The van der Waals surface area contributed by atoms with Crippen LogP contribution in [0.3, 0.4) is 0 Å². The van der Waals surface area contributed by atoms with Gasteiger partial charge in [0.15, 0.2) is 0 Å². The molecule has 1 aromatic heterocycles. The van der Waals surface area contributed by atoms with Crippen molar-refractivity contribution in [3.05, 3.63) is 30.5 Å². The highest BCUT2D eigenvalue weighted by molar-refractivity contribution is 5.93. The Balaban J connectivity index is 2.02. The van der Waals surface area contributed by atoms with Crippen molar-refractivity contribution >= 4 is 16.6 Å². The molecule has 2 atom stereocenters. The first-order valence-electron chi connectivity index (χ1n) is 7.10. The van der Waals surface area contributed by atoms with Gasteiger partial charge in [0.05, 0.1) is 7.11 Å². The second-order valence-corrected chi connectivity index (χ2v) is 5.73. The first kappa shape index (κ1) is 13.2. The molecule has 0 saturated carbocycles. The number of hydrogen-bond donors (Lipinski definition) is 1. The van der Waals surface area contributed by atoms with E-state index in [0.29, 0.717) is 5.92 Å². The molecule has 3 rings (SSSR count). The molecule has 1 fully saturated rings. The van der Waals surface area contributed by atoms with Gasteiger partial charge in [-0.15, -0.1) is 0 Å². The Morgan fingerprint density at radius 3 is 2.90 bits per heavy atom. The van der Waals surface area contributed by atoms with Gasteiger partial charge in [-0.25, -0.2) is 4.98 Å². The maximum absolute atomic E-state index is 6.15. The highest BCUT2D eigenvalue weighted by Crippen LogP contribution is 2.30. The molecule has 0 bridgehead atoms. The molecule has 0 spiro atoms. The van der Waals surface area contributed by atoms with Crippen LogP contribution in [-0.4, -0.2) is 31.2 Å². The number of methoxy groups -OCH3 is 1. The van der Waals surface area contributed by atoms with Crippen LogP contribution in [0.5, 0.6) is 5.75 Å². The number of nitrogens with zero attached hydrogens (tertiary/aromatic N) is 2. The van der Waals surface area contributed by atoms with Gasteiger partial charge in [-0.1, -0.05) is 6.92 Å². The fourth-order valence-corrected chi connectivity index (χ4v) is 3.09. The second kappa shape index (κ2) is 5.29. The number of fused-ring (bicyclic) bond motifs is 1. The summed E-state index contributed by atoms with van der Waals surface area (Å²) < 4.78 is 5.29. The summed E-state index contributed by atoms with van der Waals surface area (Å²) in [6.45, 7) is 4.15. The third kappa shape index (κ3) is 2.43. The van der Waals surface area contributed by atoms with Crippen LogP contribution in [0.15, 0.2) is 30.5 Å². The highest BCUT2D eigenvalue weighted by atomic mass is 16.5. The van der Waals surface area contributed by atoms with E-state index in [4.69, 9.17) is 10.5 Å². The monoisotopic (exact) mass is 271 g/mol. The summed E-state index contributed by atoms with van der Waals surface area (Å²) in [5.41, 5.74) is 6.15. The minimum atomic E-state index is 0.231. The van der Waals surface area contributed by atoms with Gasteiger partial charge in [0, 0.05) is 30.7 Å². The summed E-state index contributed by atoms with van der Waals surface area (Å²) in [6, 6.07) is 8.37. The van der Waals surface area contributed by atoms with Gasteiger partial charge in [0.1, 0.15) is 11.6 Å². The fraction of sp³-hybridized carbons (Fsp3) is 0.438. The van der Waals surface area contributed by atoms with E-state index in [0.717, 1.165) is 41.9 Å². The van der Waals surface area contributed by atoms with Crippen LogP contribution in [-0.2, 0) is 0 Å². The quantitative estimate of drug-likeness (QED) is 0.911. The van der Waals surface area contributed by atoms with Crippen molar-refractivity contribution in [1.82, 2.24) is 4.98 Å². The molecule has 0 radical (unpaired) electrons. The molecule has 1 aromatic carbocycles. The number of nitrogens with two attached hydrogens (primary N) is 1. The van der Waals surface area contributed by atoms with Crippen molar-refractivity contribution in [3.8, 4) is 5.75 Å². The zero-order valence-electron chi connectivity index (χ0n) is 12.0. The molecule has 1 saturated heterocycles. The largest absolute Gasteiger partial charge is 0.497 e. The number of rotatable bonds is 2. The van der Waals surface area contributed by atoms with E-state index in [1.165, 1.54) is 0 Å². The number of hydrogen-bond acceptors (Lipinski definition) is 4. The summed E-state index contributed by atoms with van der Waals surface area (Å²) >= 11 is 0. The van der Waals surface area contributed by atoms with Crippen LogP contribution in [0.25, 0.3) is 10.8 Å². The molecule has 20 heavy (non-hydrogen) atoms. The van der Waals surface area contributed by atoms with Gasteiger partial charge in [-0.3, -0.25) is 0 Å². The molecule has 0 amide bonds. The molecule has 1 aliphatic rings. The lowest BCUT2D eigenvalue weighted by Crippen LogP contribution is -2.46. The molecule has 2 heterocycles. The smallest absolute Gasteiger partial charge is 0.136 e. The van der Waals surface area contributed by atoms with E-state index >= 15 is 0 Å². The summed E-state index contributed by atoms with van der Waals surface area (Å²) in [5.74, 6) is 2.51. The Labute approximate surface area is 119 Å². The Hall–Kier alpha value is -1.81. The number of ether oxygens (including phenoxy) is 1. The topological polar surface area (TPSA) is 51.4 Å². The van der Waals surface area contributed by atoms with E-state index in [1.807, 2.05) is 24.4 Å². The highest BCUT2D eigenvalue weighted by Gasteiger charge is 2.24. The van der Waals surface area contributed by atoms with Crippen molar-refractivity contribution in [3.63, 3.8) is 0 Å². The molecule has 0 aliphatic carbocycles. The summed E-state index contributed by atoms with van der Waals surface area (Å²) in [5, 5.41) is 2.32. The standard InChI is InChI=1S/C16H21N3O/c1-11-7-13(17)10-19(9-11)16-15-4-3-14(20-2)8-12(15)5-6-18-16/h3-6,8,11,13H,7,9-10,17H2,1-2H3.